The highest BCUT2D eigenvalue weighted by molar-refractivity contribution is 5.87. The molecule has 0 bridgehead atoms. The molecule has 0 aromatic heterocycles. The van der Waals surface area contributed by atoms with Gasteiger partial charge >= 0.3 is 0 Å². The van der Waals surface area contributed by atoms with Crippen LogP contribution in [0.15, 0.2) is 0 Å². The van der Waals surface area contributed by atoms with Gasteiger partial charge in [-0.3, -0.25) is 9.59 Å². The van der Waals surface area contributed by atoms with E-state index in [9.17, 15) is 9.59 Å². The molecule has 0 spiro atoms. The Morgan fingerprint density at radius 2 is 2.28 bits per heavy atom. The molecule has 2 N–H and O–H groups in total. The number of carbonyl (C=O) groups excluding carboxylic acids is 2. The third kappa shape index (κ3) is 3.02. The van der Waals surface area contributed by atoms with Crippen molar-refractivity contribution < 1.29 is 14.7 Å². The van der Waals surface area contributed by atoms with Gasteiger partial charge in [0.2, 0.25) is 11.8 Å². The molecule has 102 valence electrons. The lowest BCUT2D eigenvalue weighted by Crippen LogP contribution is -2.45. The Morgan fingerprint density at radius 1 is 1.44 bits per heavy atom. The molecule has 2 aliphatic heterocycles. The summed E-state index contributed by atoms with van der Waals surface area (Å²) in [5.41, 5.74) is 0. The summed E-state index contributed by atoms with van der Waals surface area (Å²) < 4.78 is 0. The maximum absolute atomic E-state index is 12.4. The van der Waals surface area contributed by atoms with E-state index in [4.69, 9.17) is 5.11 Å². The molecular formula is C13H22N2O3. The van der Waals surface area contributed by atoms with E-state index in [0.717, 1.165) is 38.6 Å². The zero-order valence-corrected chi connectivity index (χ0v) is 10.7. The molecule has 0 aliphatic carbocycles. The van der Waals surface area contributed by atoms with E-state index in [1.165, 1.54) is 0 Å². The molecule has 2 heterocycles. The van der Waals surface area contributed by atoms with Crippen molar-refractivity contribution in [3.05, 3.63) is 0 Å². The van der Waals surface area contributed by atoms with Gasteiger partial charge in [0.25, 0.3) is 0 Å². The number of rotatable bonds is 4. The first-order valence-corrected chi connectivity index (χ1v) is 6.90. The Morgan fingerprint density at radius 3 is 3.00 bits per heavy atom. The van der Waals surface area contributed by atoms with Crippen LogP contribution in [-0.2, 0) is 9.59 Å². The number of nitrogens with one attached hydrogen (secondary N) is 1. The van der Waals surface area contributed by atoms with Gasteiger partial charge in [0, 0.05) is 38.1 Å². The second kappa shape index (κ2) is 6.18. The van der Waals surface area contributed by atoms with Gasteiger partial charge in [0.05, 0.1) is 0 Å². The van der Waals surface area contributed by atoms with Crippen LogP contribution in [0.1, 0.15) is 38.5 Å². The van der Waals surface area contributed by atoms with Crippen LogP contribution in [0.3, 0.4) is 0 Å². The van der Waals surface area contributed by atoms with Crippen LogP contribution < -0.4 is 5.32 Å². The molecule has 2 saturated heterocycles. The predicted octanol–water partition coefficient (Wildman–Crippen LogP) is 0.276. The molecule has 2 amide bonds. The van der Waals surface area contributed by atoms with Crippen molar-refractivity contribution in [2.45, 2.75) is 44.6 Å². The molecule has 18 heavy (non-hydrogen) atoms. The lowest BCUT2D eigenvalue weighted by atomic mass is 9.95. The van der Waals surface area contributed by atoms with Crippen molar-refractivity contribution in [1.29, 1.82) is 0 Å². The molecule has 2 unspecified atom stereocenters. The quantitative estimate of drug-likeness (QED) is 0.757. The number of likely N-dealkylation sites (tertiary alicyclic amines) is 1. The first-order chi connectivity index (χ1) is 8.72. The van der Waals surface area contributed by atoms with Gasteiger partial charge in [-0.05, 0) is 32.1 Å². The summed E-state index contributed by atoms with van der Waals surface area (Å²) in [4.78, 5) is 25.7. The third-order valence-corrected chi connectivity index (χ3v) is 3.95. The fourth-order valence-electron chi connectivity index (χ4n) is 2.98. The van der Waals surface area contributed by atoms with Gasteiger partial charge in [-0.1, -0.05) is 0 Å². The Kier molecular flexibility index (Phi) is 4.58. The van der Waals surface area contributed by atoms with Crippen LogP contribution in [0.5, 0.6) is 0 Å². The van der Waals surface area contributed by atoms with Crippen molar-refractivity contribution in [2.75, 3.05) is 19.7 Å². The topological polar surface area (TPSA) is 69.6 Å². The minimum Gasteiger partial charge on any atom is -0.396 e. The van der Waals surface area contributed by atoms with Crippen LogP contribution in [0, 0.1) is 5.92 Å². The number of hydrogen-bond donors (Lipinski definition) is 2. The Hall–Kier alpha value is -1.10. The van der Waals surface area contributed by atoms with Crippen molar-refractivity contribution in [3.63, 3.8) is 0 Å². The van der Waals surface area contributed by atoms with Gasteiger partial charge in [-0.15, -0.1) is 0 Å². The highest BCUT2D eigenvalue weighted by Crippen LogP contribution is 2.26. The molecule has 0 saturated carbocycles. The van der Waals surface area contributed by atoms with Crippen molar-refractivity contribution in [3.8, 4) is 0 Å². The summed E-state index contributed by atoms with van der Waals surface area (Å²) in [7, 11) is 0. The number of aliphatic hydroxyl groups excluding tert-OH is 1. The monoisotopic (exact) mass is 254 g/mol. The number of nitrogens with zero attached hydrogens (tertiary/aromatic N) is 1. The summed E-state index contributed by atoms with van der Waals surface area (Å²) in [6.45, 7) is 1.61. The smallest absolute Gasteiger partial charge is 0.226 e. The third-order valence-electron chi connectivity index (χ3n) is 3.95. The van der Waals surface area contributed by atoms with E-state index in [0.29, 0.717) is 13.0 Å². The van der Waals surface area contributed by atoms with Crippen LogP contribution in [0.4, 0.5) is 0 Å². The first-order valence-electron chi connectivity index (χ1n) is 6.90. The second-order valence-electron chi connectivity index (χ2n) is 5.23. The molecule has 2 rings (SSSR count). The van der Waals surface area contributed by atoms with Gasteiger partial charge in [-0.25, -0.2) is 0 Å². The summed E-state index contributed by atoms with van der Waals surface area (Å²) in [6, 6.07) is 0.273. The summed E-state index contributed by atoms with van der Waals surface area (Å²) in [5, 5.41) is 11.6. The van der Waals surface area contributed by atoms with Crippen molar-refractivity contribution >= 4 is 11.8 Å². The fraction of sp³-hybridized carbons (Fsp3) is 0.846. The van der Waals surface area contributed by atoms with E-state index in [2.05, 4.69) is 5.32 Å². The molecule has 5 heteroatoms. The number of hydrogen-bond acceptors (Lipinski definition) is 3. The molecule has 0 aromatic rings. The summed E-state index contributed by atoms with van der Waals surface area (Å²) >= 11 is 0. The van der Waals surface area contributed by atoms with Crippen molar-refractivity contribution in [2.24, 2.45) is 5.92 Å². The van der Waals surface area contributed by atoms with Crippen LogP contribution >= 0.6 is 0 Å². The van der Waals surface area contributed by atoms with Crippen LogP contribution in [0.2, 0.25) is 0 Å². The standard InChI is InChI=1S/C13H22N2O3/c16-8-2-4-11-3-1-7-15(11)13(18)10-5-6-14-12(17)9-10/h10-11,16H,1-9H2,(H,14,17). The largest absolute Gasteiger partial charge is 0.396 e. The highest BCUT2D eigenvalue weighted by Gasteiger charge is 2.34. The van der Waals surface area contributed by atoms with Gasteiger partial charge in [0.15, 0.2) is 0 Å². The van der Waals surface area contributed by atoms with Gasteiger partial charge in [0.1, 0.15) is 0 Å². The molecule has 0 aromatic carbocycles. The first kappa shape index (κ1) is 13.3. The van der Waals surface area contributed by atoms with Crippen LogP contribution in [0.25, 0.3) is 0 Å². The number of carbonyl (C=O) groups is 2. The molecule has 5 nitrogen and oxygen atoms in total. The summed E-state index contributed by atoms with van der Waals surface area (Å²) in [5.74, 6) is 0.00414. The van der Waals surface area contributed by atoms with E-state index >= 15 is 0 Å². The zero-order chi connectivity index (χ0) is 13.0. The highest BCUT2D eigenvalue weighted by atomic mass is 16.3. The minimum atomic E-state index is -0.131. The average Bonchev–Trinajstić information content (AvgIpc) is 2.83. The van der Waals surface area contributed by atoms with Crippen LogP contribution in [-0.4, -0.2) is 47.6 Å². The fourth-order valence-corrected chi connectivity index (χ4v) is 2.98. The second-order valence-corrected chi connectivity index (χ2v) is 5.23. The van der Waals surface area contributed by atoms with E-state index in [1.807, 2.05) is 4.90 Å². The van der Waals surface area contributed by atoms with Gasteiger partial charge in [-0.2, -0.15) is 0 Å². The zero-order valence-electron chi connectivity index (χ0n) is 10.7. The maximum Gasteiger partial charge on any atom is 0.226 e. The lowest BCUT2D eigenvalue weighted by Gasteiger charge is -2.30. The SMILES string of the molecule is O=C1CC(C(=O)N2CCCC2CCCO)CCN1. The summed E-state index contributed by atoms with van der Waals surface area (Å²) in [6.07, 6.45) is 4.79. The Balaban J connectivity index is 1.92. The molecule has 2 atom stereocenters. The molecule has 0 radical (unpaired) electrons. The Bertz CT molecular complexity index is 319. The predicted molar refractivity (Wildman–Crippen MR) is 66.8 cm³/mol. The molecule has 2 fully saturated rings. The minimum absolute atomic E-state index is 0.00861. The van der Waals surface area contributed by atoms with E-state index in [-0.39, 0.29) is 30.4 Å². The molecular weight excluding hydrogens is 232 g/mol. The Labute approximate surface area is 108 Å². The lowest BCUT2D eigenvalue weighted by molar-refractivity contribution is -0.140. The maximum atomic E-state index is 12.4. The normalized spacial score (nSPS) is 28.3. The van der Waals surface area contributed by atoms with E-state index < -0.39 is 0 Å². The van der Waals surface area contributed by atoms with Crippen molar-refractivity contribution in [1.82, 2.24) is 10.2 Å². The number of amides is 2. The molecule has 2 aliphatic rings. The number of aliphatic hydroxyl groups is 1. The average molecular weight is 254 g/mol. The van der Waals surface area contributed by atoms with E-state index in [1.54, 1.807) is 0 Å². The number of piperidine rings is 1. The van der Waals surface area contributed by atoms with Gasteiger partial charge < -0.3 is 15.3 Å².